The van der Waals surface area contributed by atoms with Crippen molar-refractivity contribution in [3.05, 3.63) is 90.1 Å². The lowest BCUT2D eigenvalue weighted by Crippen LogP contribution is -2.61. The van der Waals surface area contributed by atoms with Gasteiger partial charge in [-0.25, -0.2) is 4.98 Å². The largest absolute Gasteiger partial charge is 0.368 e. The first-order valence-corrected chi connectivity index (χ1v) is 19.4. The zero-order valence-electron chi connectivity index (χ0n) is 33.5. The van der Waals surface area contributed by atoms with Gasteiger partial charge < -0.3 is 53.8 Å². The van der Waals surface area contributed by atoms with E-state index in [1.54, 1.807) is 57.4 Å². The molecule has 312 valence electrons. The number of rotatable bonds is 21. The summed E-state index contributed by atoms with van der Waals surface area (Å²) in [6.45, 7) is 7.15. The summed E-state index contributed by atoms with van der Waals surface area (Å²) in [4.78, 5) is 91.0. The van der Waals surface area contributed by atoms with Gasteiger partial charge in [0.25, 0.3) is 0 Å². The van der Waals surface area contributed by atoms with E-state index in [-0.39, 0.29) is 25.7 Å². The molecule has 13 N–H and O–H groups in total. The van der Waals surface area contributed by atoms with E-state index in [4.69, 9.17) is 17.2 Å². The molecule has 0 unspecified atom stereocenters. The number of carbonyl (C=O) groups excluding carboxylic acids is 6. The van der Waals surface area contributed by atoms with Crippen LogP contribution in [0.3, 0.4) is 0 Å². The number of aromatic amines is 2. The highest BCUT2D eigenvalue weighted by atomic mass is 16.2. The Bertz CT molecular complexity index is 1990. The molecule has 0 saturated heterocycles. The van der Waals surface area contributed by atoms with Gasteiger partial charge in [0.2, 0.25) is 35.4 Å². The van der Waals surface area contributed by atoms with Crippen molar-refractivity contribution in [2.45, 2.75) is 102 Å². The molecule has 0 radical (unpaired) electrons. The van der Waals surface area contributed by atoms with E-state index in [1.807, 2.05) is 30.3 Å². The van der Waals surface area contributed by atoms with Crippen LogP contribution in [0.1, 0.15) is 63.8 Å². The standard InChI is InChI=1S/C41H57N11O6/c1-24(48-40(58)34(41(2,3)4)52-37(55)29(43)20-27-22-45-23-47-27)36(54)50-33(19-26-21-46-30-15-9-8-14-28(26)30)39(57)51-32(18-25-12-6-5-7-13-25)38(56)49-31(35(44)53)16-10-11-17-42/h5-9,12-15,21-24,29,31-34,46H,10-11,16-20,42-43H2,1-4H3,(H2,44,53)(H,45,47)(H,48,58)(H,49,56)(H,50,54)(H,51,57)(H,52,55)/t24-,29-,31-,32+,33-,34+/m0/s1. The fraction of sp³-hybridized carbons (Fsp3) is 0.439. The minimum Gasteiger partial charge on any atom is -0.368 e. The number of H-pyrrole nitrogens is 2. The number of amides is 6. The molecule has 2 heterocycles. The maximum atomic E-state index is 14.3. The summed E-state index contributed by atoms with van der Waals surface area (Å²) in [5.41, 5.74) is 19.5. The maximum absolute atomic E-state index is 14.3. The number of fused-ring (bicyclic) bond motifs is 1. The van der Waals surface area contributed by atoms with E-state index in [9.17, 15) is 28.8 Å². The molecule has 0 saturated carbocycles. The molecule has 2 aromatic heterocycles. The molecular weight excluding hydrogens is 743 g/mol. The number of primary amides is 1. The Morgan fingerprint density at radius 3 is 2.00 bits per heavy atom. The van der Waals surface area contributed by atoms with Crippen molar-refractivity contribution < 1.29 is 28.8 Å². The molecule has 4 aromatic rings. The number of hydrogen-bond donors (Lipinski definition) is 10. The highest BCUT2D eigenvalue weighted by Crippen LogP contribution is 2.21. The average molecular weight is 800 g/mol. The van der Waals surface area contributed by atoms with Crippen LogP contribution >= 0.6 is 0 Å². The summed E-state index contributed by atoms with van der Waals surface area (Å²) in [5, 5.41) is 14.5. The van der Waals surface area contributed by atoms with Crippen molar-refractivity contribution in [2.75, 3.05) is 6.54 Å². The van der Waals surface area contributed by atoms with Gasteiger partial charge in [-0.3, -0.25) is 28.8 Å². The van der Waals surface area contributed by atoms with Crippen LogP contribution in [-0.4, -0.2) is 93.2 Å². The van der Waals surface area contributed by atoms with Gasteiger partial charge >= 0.3 is 0 Å². The molecule has 4 rings (SSSR count). The highest BCUT2D eigenvalue weighted by molar-refractivity contribution is 5.97. The van der Waals surface area contributed by atoms with Crippen LogP contribution in [-0.2, 0) is 48.0 Å². The summed E-state index contributed by atoms with van der Waals surface area (Å²) >= 11 is 0. The van der Waals surface area contributed by atoms with Gasteiger partial charge in [-0.2, -0.15) is 0 Å². The number of para-hydroxylation sites is 1. The Morgan fingerprint density at radius 1 is 0.724 bits per heavy atom. The van der Waals surface area contributed by atoms with E-state index in [1.165, 1.54) is 13.3 Å². The first-order chi connectivity index (χ1) is 27.6. The quantitative estimate of drug-likeness (QED) is 0.0520. The molecule has 0 aliphatic rings. The molecule has 0 aliphatic heterocycles. The number of aromatic nitrogens is 3. The number of hydrogen-bond acceptors (Lipinski definition) is 9. The molecule has 0 spiro atoms. The van der Waals surface area contributed by atoms with Crippen LogP contribution < -0.4 is 43.8 Å². The highest BCUT2D eigenvalue weighted by Gasteiger charge is 2.36. The predicted molar refractivity (Wildman–Crippen MR) is 219 cm³/mol. The number of unbranched alkanes of at least 4 members (excludes halogenated alkanes) is 1. The molecule has 17 nitrogen and oxygen atoms in total. The maximum Gasteiger partial charge on any atom is 0.243 e. The third-order valence-electron chi connectivity index (χ3n) is 9.75. The van der Waals surface area contributed by atoms with Gasteiger partial charge in [0.15, 0.2) is 0 Å². The smallest absolute Gasteiger partial charge is 0.243 e. The van der Waals surface area contributed by atoms with E-state index in [0.29, 0.717) is 30.6 Å². The van der Waals surface area contributed by atoms with Crippen LogP contribution in [0.5, 0.6) is 0 Å². The van der Waals surface area contributed by atoms with E-state index in [0.717, 1.165) is 16.5 Å². The average Bonchev–Trinajstić information content (AvgIpc) is 3.85. The summed E-state index contributed by atoms with van der Waals surface area (Å²) in [7, 11) is 0. The van der Waals surface area contributed by atoms with Crippen LogP contribution in [0.25, 0.3) is 10.9 Å². The molecule has 58 heavy (non-hydrogen) atoms. The van der Waals surface area contributed by atoms with Crippen molar-refractivity contribution in [3.63, 3.8) is 0 Å². The van der Waals surface area contributed by atoms with Crippen molar-refractivity contribution >= 4 is 46.3 Å². The topological polar surface area (TPSA) is 285 Å². The SMILES string of the molecule is C[C@H](NC(=O)[C@@H](NC(=O)[C@@H](N)Cc1cnc[nH]1)C(C)(C)C)C(=O)N[C@@H](Cc1c[nH]c2ccccc12)C(=O)N[C@H](Cc1ccccc1)C(=O)N[C@@H](CCCCN)C(N)=O. The third kappa shape index (κ3) is 13.0. The normalized spacial score (nSPS) is 14.6. The van der Waals surface area contributed by atoms with Gasteiger partial charge in [0.05, 0.1) is 12.4 Å². The van der Waals surface area contributed by atoms with E-state index in [2.05, 4.69) is 41.5 Å². The lowest BCUT2D eigenvalue weighted by Gasteiger charge is -2.32. The second-order valence-corrected chi connectivity index (χ2v) is 15.5. The third-order valence-corrected chi connectivity index (χ3v) is 9.75. The monoisotopic (exact) mass is 799 g/mol. The molecule has 0 bridgehead atoms. The molecule has 17 heteroatoms. The lowest BCUT2D eigenvalue weighted by atomic mass is 9.85. The molecule has 0 aliphatic carbocycles. The number of nitrogens with one attached hydrogen (secondary N) is 7. The molecular formula is C41H57N11O6. The number of benzene rings is 2. The fourth-order valence-corrected chi connectivity index (χ4v) is 6.42. The van der Waals surface area contributed by atoms with Crippen LogP contribution in [0, 0.1) is 5.41 Å². The van der Waals surface area contributed by atoms with Crippen LogP contribution in [0.4, 0.5) is 0 Å². The number of carbonyl (C=O) groups is 6. The van der Waals surface area contributed by atoms with Crippen molar-refractivity contribution in [3.8, 4) is 0 Å². The minimum atomic E-state index is -1.23. The van der Waals surface area contributed by atoms with Crippen molar-refractivity contribution in [1.29, 1.82) is 0 Å². The van der Waals surface area contributed by atoms with Gasteiger partial charge in [-0.1, -0.05) is 69.3 Å². The van der Waals surface area contributed by atoms with E-state index < -0.39 is 77.1 Å². The second-order valence-electron chi connectivity index (χ2n) is 15.5. The summed E-state index contributed by atoms with van der Waals surface area (Å²) < 4.78 is 0. The predicted octanol–water partition coefficient (Wildman–Crippen LogP) is 0.351. The fourth-order valence-electron chi connectivity index (χ4n) is 6.42. The Labute approximate surface area is 337 Å². The van der Waals surface area contributed by atoms with Gasteiger partial charge in [0, 0.05) is 48.3 Å². The molecule has 2 aromatic carbocycles. The Kier molecular flexibility index (Phi) is 16.1. The zero-order valence-corrected chi connectivity index (χ0v) is 33.5. The zero-order chi connectivity index (χ0) is 42.4. The Morgan fingerprint density at radius 2 is 1.36 bits per heavy atom. The van der Waals surface area contributed by atoms with Gasteiger partial charge in [-0.15, -0.1) is 0 Å². The summed E-state index contributed by atoms with van der Waals surface area (Å²) in [6.07, 6.45) is 6.46. The number of nitrogens with two attached hydrogens (primary N) is 3. The van der Waals surface area contributed by atoms with Crippen LogP contribution in [0.15, 0.2) is 73.3 Å². The molecule has 6 atom stereocenters. The van der Waals surface area contributed by atoms with Crippen LogP contribution in [0.2, 0.25) is 0 Å². The second kappa shape index (κ2) is 20.9. The van der Waals surface area contributed by atoms with Gasteiger partial charge in [0.1, 0.15) is 30.2 Å². The van der Waals surface area contributed by atoms with Crippen molar-refractivity contribution in [2.24, 2.45) is 22.6 Å². The Hall–Kier alpha value is -6.07. The van der Waals surface area contributed by atoms with Gasteiger partial charge in [-0.05, 0) is 55.3 Å². The number of imidazole rings is 1. The summed E-state index contributed by atoms with van der Waals surface area (Å²) in [6, 6.07) is 9.87. The first kappa shape index (κ1) is 44.6. The molecule has 6 amide bonds. The summed E-state index contributed by atoms with van der Waals surface area (Å²) in [5.74, 6) is -3.93. The van der Waals surface area contributed by atoms with E-state index >= 15 is 0 Å². The lowest BCUT2D eigenvalue weighted by molar-refractivity contribution is -0.135. The molecule has 0 fully saturated rings. The Balaban J connectivity index is 1.55. The van der Waals surface area contributed by atoms with Crippen molar-refractivity contribution in [1.82, 2.24) is 41.5 Å². The first-order valence-electron chi connectivity index (χ1n) is 19.4. The number of nitrogens with zero attached hydrogens (tertiary/aromatic N) is 1. The minimum absolute atomic E-state index is 0.0137.